The molecule has 224 valence electrons. The first-order valence-corrected chi connectivity index (χ1v) is 15.6. The Hall–Kier alpha value is -3.62. The number of fused-ring (bicyclic) bond motifs is 1. The first-order valence-electron chi connectivity index (χ1n) is 13.1. The molecule has 2 aromatic heterocycles. The third-order valence-corrected chi connectivity index (χ3v) is 8.80. The van der Waals surface area contributed by atoms with Crippen molar-refractivity contribution in [2.75, 3.05) is 45.8 Å². The lowest BCUT2D eigenvalue weighted by Gasteiger charge is -2.24. The molecule has 0 saturated heterocycles. The highest BCUT2D eigenvalue weighted by atomic mass is 32.2. The standard InChI is InChI=1S/C29H34N4O7S2/c1-37-13-14-40-22-15-21-16-24(32-27(21)23(17-22)33-42(35,36)26-11-7-8-12-30-26)28(34)31-18-25(29(38-2)39-3)41-19-20-9-5-4-6-10-20/h4-12,15-17,25,29,32-33H,13-14,18-19H2,1-3H3,(H,31,34). The second-order valence-electron chi connectivity index (χ2n) is 9.12. The Morgan fingerprint density at radius 1 is 1.00 bits per heavy atom. The van der Waals surface area contributed by atoms with E-state index in [1.54, 1.807) is 63.4 Å². The number of aromatic nitrogens is 2. The Morgan fingerprint density at radius 2 is 1.76 bits per heavy atom. The molecule has 0 aliphatic heterocycles. The second kappa shape index (κ2) is 15.0. The van der Waals surface area contributed by atoms with Gasteiger partial charge in [-0.25, -0.2) is 4.98 Å². The molecule has 3 N–H and O–H groups in total. The maximum Gasteiger partial charge on any atom is 0.279 e. The van der Waals surface area contributed by atoms with Gasteiger partial charge in [-0.15, -0.1) is 11.8 Å². The van der Waals surface area contributed by atoms with Crippen LogP contribution in [-0.2, 0) is 30.0 Å². The molecule has 0 bridgehead atoms. The zero-order chi connectivity index (χ0) is 30.0. The topological polar surface area (TPSA) is 141 Å². The van der Waals surface area contributed by atoms with E-state index in [1.165, 1.54) is 12.3 Å². The normalized spacial score (nSPS) is 12.4. The highest BCUT2D eigenvalue weighted by Crippen LogP contribution is 2.31. The van der Waals surface area contributed by atoms with Crippen molar-refractivity contribution in [1.29, 1.82) is 0 Å². The van der Waals surface area contributed by atoms with Crippen LogP contribution in [0, 0.1) is 0 Å². The van der Waals surface area contributed by atoms with Crippen molar-refractivity contribution in [2.45, 2.75) is 22.3 Å². The van der Waals surface area contributed by atoms with E-state index in [-0.39, 0.29) is 40.7 Å². The van der Waals surface area contributed by atoms with Crippen LogP contribution in [-0.4, -0.2) is 76.9 Å². The summed E-state index contributed by atoms with van der Waals surface area (Å²) in [7, 11) is 0.660. The van der Waals surface area contributed by atoms with E-state index in [0.29, 0.717) is 29.0 Å². The number of rotatable bonds is 16. The minimum atomic E-state index is -4.02. The molecule has 0 radical (unpaired) electrons. The van der Waals surface area contributed by atoms with Gasteiger partial charge in [0.05, 0.1) is 23.1 Å². The Bertz CT molecular complexity index is 1550. The van der Waals surface area contributed by atoms with E-state index in [2.05, 4.69) is 20.0 Å². The summed E-state index contributed by atoms with van der Waals surface area (Å²) in [5.74, 6) is 0.746. The SMILES string of the molecule is COCCOc1cc(NS(=O)(=O)c2ccccn2)c2[nH]c(C(=O)NCC(SCc3ccccc3)C(OC)OC)cc2c1. The fourth-order valence-electron chi connectivity index (χ4n) is 4.15. The summed E-state index contributed by atoms with van der Waals surface area (Å²) >= 11 is 1.61. The van der Waals surface area contributed by atoms with E-state index in [4.69, 9.17) is 18.9 Å². The Kier molecular flexibility index (Phi) is 11.2. The van der Waals surface area contributed by atoms with Gasteiger partial charge in [-0.1, -0.05) is 36.4 Å². The van der Waals surface area contributed by atoms with Gasteiger partial charge in [0.15, 0.2) is 11.3 Å². The lowest BCUT2D eigenvalue weighted by atomic mass is 10.2. The van der Waals surface area contributed by atoms with Crippen LogP contribution >= 0.6 is 11.8 Å². The van der Waals surface area contributed by atoms with Crippen LogP contribution in [0.25, 0.3) is 10.9 Å². The number of nitrogens with one attached hydrogen (secondary N) is 3. The molecule has 4 aromatic rings. The van der Waals surface area contributed by atoms with E-state index >= 15 is 0 Å². The van der Waals surface area contributed by atoms with Crippen LogP contribution in [0.3, 0.4) is 0 Å². The van der Waals surface area contributed by atoms with Crippen LogP contribution in [0.2, 0.25) is 0 Å². The van der Waals surface area contributed by atoms with Gasteiger partial charge in [0.1, 0.15) is 18.1 Å². The van der Waals surface area contributed by atoms with Gasteiger partial charge in [-0.3, -0.25) is 9.52 Å². The van der Waals surface area contributed by atoms with Gasteiger partial charge in [-0.2, -0.15) is 8.42 Å². The number of amides is 1. The van der Waals surface area contributed by atoms with Gasteiger partial charge < -0.3 is 29.2 Å². The Morgan fingerprint density at radius 3 is 2.45 bits per heavy atom. The van der Waals surface area contributed by atoms with E-state index in [9.17, 15) is 13.2 Å². The van der Waals surface area contributed by atoms with Crippen molar-refractivity contribution in [3.05, 3.63) is 84.2 Å². The zero-order valence-electron chi connectivity index (χ0n) is 23.5. The fourth-order valence-corrected chi connectivity index (χ4v) is 6.34. The maximum atomic E-state index is 13.3. The van der Waals surface area contributed by atoms with Crippen molar-refractivity contribution in [2.24, 2.45) is 0 Å². The molecule has 0 spiro atoms. The highest BCUT2D eigenvalue weighted by Gasteiger charge is 2.24. The van der Waals surface area contributed by atoms with E-state index < -0.39 is 16.3 Å². The van der Waals surface area contributed by atoms with Crippen LogP contribution in [0.15, 0.2) is 78.0 Å². The molecule has 0 saturated carbocycles. The quantitative estimate of drug-likeness (QED) is 0.126. The number of hydrogen-bond acceptors (Lipinski definition) is 9. The molecular weight excluding hydrogens is 580 g/mol. The largest absolute Gasteiger partial charge is 0.491 e. The molecule has 1 amide bonds. The summed E-state index contributed by atoms with van der Waals surface area (Å²) in [6, 6.07) is 19.5. The molecule has 1 atom stereocenters. The summed E-state index contributed by atoms with van der Waals surface area (Å²) in [6.07, 6.45) is 0.857. The number of anilines is 1. The molecule has 42 heavy (non-hydrogen) atoms. The molecule has 0 aliphatic rings. The molecule has 0 aliphatic carbocycles. The maximum absolute atomic E-state index is 13.3. The summed E-state index contributed by atoms with van der Waals surface area (Å²) < 4.78 is 50.5. The number of sulfonamides is 1. The monoisotopic (exact) mass is 614 g/mol. The number of carbonyl (C=O) groups excluding carboxylic acids is 1. The number of H-pyrrole nitrogens is 1. The number of thioether (sulfide) groups is 1. The summed E-state index contributed by atoms with van der Waals surface area (Å²) in [6.45, 7) is 0.873. The predicted octanol–water partition coefficient (Wildman–Crippen LogP) is 4.04. The zero-order valence-corrected chi connectivity index (χ0v) is 25.2. The first-order chi connectivity index (χ1) is 20.3. The first kappa shape index (κ1) is 31.3. The second-order valence-corrected chi connectivity index (χ2v) is 12.0. The van der Waals surface area contributed by atoms with Crippen LogP contribution in [0.4, 0.5) is 5.69 Å². The lowest BCUT2D eigenvalue weighted by molar-refractivity contribution is -0.101. The summed E-state index contributed by atoms with van der Waals surface area (Å²) in [4.78, 5) is 20.3. The minimum Gasteiger partial charge on any atom is -0.491 e. The number of pyridine rings is 1. The van der Waals surface area contributed by atoms with Gasteiger partial charge in [0.25, 0.3) is 15.9 Å². The van der Waals surface area contributed by atoms with Gasteiger partial charge in [-0.05, 0) is 29.8 Å². The van der Waals surface area contributed by atoms with Crippen LogP contribution in [0.1, 0.15) is 16.1 Å². The van der Waals surface area contributed by atoms with Gasteiger partial charge in [0, 0.05) is 51.3 Å². The van der Waals surface area contributed by atoms with Crippen molar-refractivity contribution in [3.63, 3.8) is 0 Å². The Labute approximate surface area is 249 Å². The van der Waals surface area contributed by atoms with Gasteiger partial charge in [0.2, 0.25) is 0 Å². The van der Waals surface area contributed by atoms with E-state index in [0.717, 1.165) is 5.56 Å². The van der Waals surface area contributed by atoms with E-state index in [1.807, 2.05) is 30.3 Å². The average molecular weight is 615 g/mol. The predicted molar refractivity (Wildman–Crippen MR) is 162 cm³/mol. The number of hydrogen-bond donors (Lipinski definition) is 3. The summed E-state index contributed by atoms with van der Waals surface area (Å²) in [5.41, 5.74) is 2.01. The third kappa shape index (κ3) is 8.23. The van der Waals surface area contributed by atoms with Crippen molar-refractivity contribution in [1.82, 2.24) is 15.3 Å². The number of methoxy groups -OCH3 is 3. The van der Waals surface area contributed by atoms with Crippen molar-refractivity contribution >= 4 is 44.3 Å². The minimum absolute atomic E-state index is 0.140. The lowest BCUT2D eigenvalue weighted by Crippen LogP contribution is -2.39. The Balaban J connectivity index is 1.56. The van der Waals surface area contributed by atoms with Crippen LogP contribution in [0.5, 0.6) is 5.75 Å². The number of nitrogens with zero attached hydrogens (tertiary/aromatic N) is 1. The molecule has 1 unspecified atom stereocenters. The van der Waals surface area contributed by atoms with Crippen LogP contribution < -0.4 is 14.8 Å². The molecule has 2 aromatic carbocycles. The molecule has 0 fully saturated rings. The molecule has 2 heterocycles. The molecule has 4 rings (SSSR count). The van der Waals surface area contributed by atoms with Crippen molar-refractivity contribution < 1.29 is 32.2 Å². The number of benzene rings is 2. The fraction of sp³-hybridized carbons (Fsp3) is 0.310. The number of carbonyl (C=O) groups is 1. The average Bonchev–Trinajstić information content (AvgIpc) is 3.44. The number of ether oxygens (including phenoxy) is 4. The highest BCUT2D eigenvalue weighted by molar-refractivity contribution is 7.99. The van der Waals surface area contributed by atoms with Crippen molar-refractivity contribution in [3.8, 4) is 5.75 Å². The number of aromatic amines is 1. The molecule has 13 heteroatoms. The smallest absolute Gasteiger partial charge is 0.279 e. The van der Waals surface area contributed by atoms with Gasteiger partial charge >= 0.3 is 0 Å². The summed E-state index contributed by atoms with van der Waals surface area (Å²) in [5, 5.41) is 3.19. The molecular formula is C29H34N4O7S2. The third-order valence-electron chi connectivity index (χ3n) is 6.20. The molecule has 11 nitrogen and oxygen atoms in total.